The Morgan fingerprint density at radius 1 is 1.24 bits per heavy atom. The summed E-state index contributed by atoms with van der Waals surface area (Å²) in [5.41, 5.74) is 1.23. The zero-order valence-corrected chi connectivity index (χ0v) is 12.6. The number of piperidine rings is 1. The van der Waals surface area contributed by atoms with Crippen molar-refractivity contribution < 1.29 is 8.42 Å². The number of pyridine rings is 1. The van der Waals surface area contributed by atoms with E-state index < -0.39 is 10.0 Å². The summed E-state index contributed by atoms with van der Waals surface area (Å²) in [6, 6.07) is 9.30. The summed E-state index contributed by atoms with van der Waals surface area (Å²) in [6.07, 6.45) is 4.79. The summed E-state index contributed by atoms with van der Waals surface area (Å²) in [5, 5.41) is 4.19. The number of sulfonamides is 1. The van der Waals surface area contributed by atoms with E-state index in [1.54, 1.807) is 12.3 Å². The van der Waals surface area contributed by atoms with E-state index in [0.717, 1.165) is 31.2 Å². The van der Waals surface area contributed by atoms with Crippen LogP contribution in [-0.2, 0) is 10.0 Å². The van der Waals surface area contributed by atoms with Gasteiger partial charge in [-0.15, -0.1) is 0 Å². The number of para-hydroxylation sites is 1. The summed E-state index contributed by atoms with van der Waals surface area (Å²) < 4.78 is 27.3. The smallest absolute Gasteiger partial charge is 0.234 e. The van der Waals surface area contributed by atoms with Crippen LogP contribution in [0.2, 0.25) is 0 Å². The van der Waals surface area contributed by atoms with Crippen LogP contribution in [-0.4, -0.2) is 31.7 Å². The van der Waals surface area contributed by atoms with Gasteiger partial charge in [0, 0.05) is 17.6 Å². The molecule has 0 radical (unpaired) electrons. The lowest BCUT2D eigenvalue weighted by molar-refractivity contribution is 0.424. The van der Waals surface area contributed by atoms with Crippen LogP contribution in [0, 0.1) is 0 Å². The van der Waals surface area contributed by atoms with E-state index in [4.69, 9.17) is 0 Å². The minimum absolute atomic E-state index is 0.0409. The Morgan fingerprint density at radius 2 is 2.10 bits per heavy atom. The Labute approximate surface area is 124 Å². The average Bonchev–Trinajstić information content (AvgIpc) is 2.48. The minimum atomic E-state index is -3.38. The first-order valence-corrected chi connectivity index (χ1v) is 8.87. The Hall–Kier alpha value is -1.66. The highest BCUT2D eigenvalue weighted by Gasteiger charge is 2.21. The van der Waals surface area contributed by atoms with Crippen LogP contribution in [0.25, 0.3) is 10.9 Å². The summed E-state index contributed by atoms with van der Waals surface area (Å²) in [4.78, 5) is 4.27. The van der Waals surface area contributed by atoms with Crippen molar-refractivity contribution in [1.82, 2.24) is 10.3 Å². The average molecular weight is 305 g/mol. The molecule has 1 aliphatic heterocycles. The zero-order chi connectivity index (χ0) is 14.7. The minimum Gasteiger partial charge on any atom is -0.313 e. The second-order valence-corrected chi connectivity index (χ2v) is 7.18. The third kappa shape index (κ3) is 3.51. The topological polar surface area (TPSA) is 71.1 Å². The van der Waals surface area contributed by atoms with Crippen molar-refractivity contribution in [2.45, 2.75) is 25.3 Å². The summed E-state index contributed by atoms with van der Waals surface area (Å²) in [5.74, 6) is 0.107. The van der Waals surface area contributed by atoms with Gasteiger partial charge in [-0.05, 0) is 31.5 Å². The van der Waals surface area contributed by atoms with Gasteiger partial charge in [0.2, 0.25) is 10.0 Å². The maximum absolute atomic E-state index is 12.3. The molecule has 5 nitrogen and oxygen atoms in total. The maximum atomic E-state index is 12.3. The van der Waals surface area contributed by atoms with Crippen molar-refractivity contribution in [2.24, 2.45) is 0 Å². The van der Waals surface area contributed by atoms with Crippen molar-refractivity contribution >= 4 is 26.6 Å². The Bertz CT molecular complexity index is 719. The molecule has 112 valence electrons. The largest absolute Gasteiger partial charge is 0.313 e. The molecule has 1 unspecified atom stereocenters. The van der Waals surface area contributed by atoms with Gasteiger partial charge in [0.15, 0.2) is 0 Å². The highest BCUT2D eigenvalue weighted by molar-refractivity contribution is 7.92. The second kappa shape index (κ2) is 5.99. The lowest BCUT2D eigenvalue weighted by Crippen LogP contribution is -2.40. The molecule has 0 spiro atoms. The lowest BCUT2D eigenvalue weighted by Gasteiger charge is -2.23. The molecule has 2 aromatic rings. The fourth-order valence-corrected chi connectivity index (χ4v) is 4.12. The van der Waals surface area contributed by atoms with Crippen LogP contribution in [0.4, 0.5) is 5.69 Å². The van der Waals surface area contributed by atoms with Crippen LogP contribution < -0.4 is 10.0 Å². The highest BCUT2D eigenvalue weighted by atomic mass is 32.2. The van der Waals surface area contributed by atoms with Crippen LogP contribution in [0.15, 0.2) is 36.5 Å². The van der Waals surface area contributed by atoms with Crippen molar-refractivity contribution in [3.8, 4) is 0 Å². The quantitative estimate of drug-likeness (QED) is 0.907. The number of aromatic nitrogens is 1. The molecule has 1 aromatic heterocycles. The first-order chi connectivity index (χ1) is 10.1. The molecule has 3 rings (SSSR count). The van der Waals surface area contributed by atoms with Crippen molar-refractivity contribution in [2.75, 3.05) is 17.0 Å². The van der Waals surface area contributed by atoms with Gasteiger partial charge in [0.25, 0.3) is 0 Å². The molecule has 0 bridgehead atoms. The van der Waals surface area contributed by atoms with E-state index in [1.807, 2.05) is 24.3 Å². The van der Waals surface area contributed by atoms with Gasteiger partial charge in [0.1, 0.15) is 0 Å². The van der Waals surface area contributed by atoms with E-state index >= 15 is 0 Å². The van der Waals surface area contributed by atoms with Gasteiger partial charge < -0.3 is 5.32 Å². The van der Waals surface area contributed by atoms with E-state index in [2.05, 4.69) is 15.0 Å². The molecule has 0 amide bonds. The lowest BCUT2D eigenvalue weighted by atomic mass is 10.1. The monoisotopic (exact) mass is 305 g/mol. The van der Waals surface area contributed by atoms with Crippen molar-refractivity contribution in [3.63, 3.8) is 0 Å². The molecule has 2 N–H and O–H groups in total. The van der Waals surface area contributed by atoms with Crippen LogP contribution in [0.5, 0.6) is 0 Å². The molecule has 1 atom stereocenters. The Balaban J connectivity index is 1.80. The van der Waals surface area contributed by atoms with Gasteiger partial charge in [0.05, 0.1) is 17.0 Å². The standard InChI is InChI=1S/C15H19N3O2S/c19-21(20,11-13-7-1-2-9-16-13)18-14-8-3-5-12-6-4-10-17-15(12)14/h3-6,8,10,13,16,18H,1-2,7,9,11H2. The number of anilines is 1. The molecule has 1 saturated heterocycles. The van der Waals surface area contributed by atoms with E-state index in [0.29, 0.717) is 11.2 Å². The first kappa shape index (κ1) is 14.3. The molecule has 0 aliphatic carbocycles. The fraction of sp³-hybridized carbons (Fsp3) is 0.400. The first-order valence-electron chi connectivity index (χ1n) is 7.22. The molecule has 1 aromatic carbocycles. The number of hydrogen-bond acceptors (Lipinski definition) is 4. The molecule has 2 heterocycles. The van der Waals surface area contributed by atoms with Crippen LogP contribution >= 0.6 is 0 Å². The molecular weight excluding hydrogens is 286 g/mol. The van der Waals surface area contributed by atoms with Crippen LogP contribution in [0.1, 0.15) is 19.3 Å². The number of nitrogens with zero attached hydrogens (tertiary/aromatic N) is 1. The van der Waals surface area contributed by atoms with Gasteiger partial charge in [-0.1, -0.05) is 24.6 Å². The number of hydrogen-bond donors (Lipinski definition) is 2. The Morgan fingerprint density at radius 3 is 2.90 bits per heavy atom. The predicted molar refractivity (Wildman–Crippen MR) is 84.8 cm³/mol. The summed E-state index contributed by atoms with van der Waals surface area (Å²) in [7, 11) is -3.38. The van der Waals surface area contributed by atoms with Gasteiger partial charge in [-0.25, -0.2) is 8.42 Å². The molecule has 1 fully saturated rings. The number of fused-ring (bicyclic) bond motifs is 1. The summed E-state index contributed by atoms with van der Waals surface area (Å²) in [6.45, 7) is 0.899. The van der Waals surface area contributed by atoms with Crippen molar-refractivity contribution in [3.05, 3.63) is 36.5 Å². The van der Waals surface area contributed by atoms with E-state index in [-0.39, 0.29) is 11.8 Å². The second-order valence-electron chi connectivity index (χ2n) is 5.41. The molecular formula is C15H19N3O2S. The number of rotatable bonds is 4. The number of nitrogens with one attached hydrogen (secondary N) is 2. The normalized spacial score (nSPS) is 19.5. The van der Waals surface area contributed by atoms with Crippen LogP contribution in [0.3, 0.4) is 0 Å². The SMILES string of the molecule is O=S(=O)(CC1CCCCN1)Nc1cccc2cccnc12. The Kier molecular flexibility index (Phi) is 4.07. The maximum Gasteiger partial charge on any atom is 0.234 e. The third-order valence-electron chi connectivity index (χ3n) is 3.73. The molecule has 1 aliphatic rings. The zero-order valence-electron chi connectivity index (χ0n) is 11.7. The summed E-state index contributed by atoms with van der Waals surface area (Å²) >= 11 is 0. The molecule has 6 heteroatoms. The van der Waals surface area contributed by atoms with Gasteiger partial charge >= 0.3 is 0 Å². The third-order valence-corrected chi connectivity index (χ3v) is 5.10. The molecule has 0 saturated carbocycles. The van der Waals surface area contributed by atoms with Crippen molar-refractivity contribution in [1.29, 1.82) is 0 Å². The molecule has 21 heavy (non-hydrogen) atoms. The van der Waals surface area contributed by atoms with Gasteiger partial charge in [-0.2, -0.15) is 0 Å². The van der Waals surface area contributed by atoms with Gasteiger partial charge in [-0.3, -0.25) is 9.71 Å². The predicted octanol–water partition coefficient (Wildman–Crippen LogP) is 2.12. The fourth-order valence-electron chi connectivity index (χ4n) is 2.73. The van der Waals surface area contributed by atoms with E-state index in [1.165, 1.54) is 0 Å². The number of benzene rings is 1. The highest BCUT2D eigenvalue weighted by Crippen LogP contribution is 2.22. The van der Waals surface area contributed by atoms with E-state index in [9.17, 15) is 8.42 Å².